The molecule has 28 heavy (non-hydrogen) atoms. The van der Waals surface area contributed by atoms with Crippen LogP contribution >= 0.6 is 0 Å². The topological polar surface area (TPSA) is 66.6 Å². The van der Waals surface area contributed by atoms with E-state index in [0.717, 1.165) is 31.2 Å². The fourth-order valence-corrected chi connectivity index (χ4v) is 5.46. The van der Waals surface area contributed by atoms with Crippen molar-refractivity contribution >= 4 is 15.7 Å². The van der Waals surface area contributed by atoms with E-state index in [9.17, 15) is 8.42 Å². The summed E-state index contributed by atoms with van der Waals surface area (Å²) < 4.78 is 28.4. The molecule has 0 aromatic heterocycles. The highest BCUT2D eigenvalue weighted by Crippen LogP contribution is 2.30. The molecule has 0 bridgehead atoms. The van der Waals surface area contributed by atoms with Crippen molar-refractivity contribution in [1.29, 1.82) is 0 Å². The first-order chi connectivity index (χ1) is 13.4. The summed E-state index contributed by atoms with van der Waals surface area (Å²) in [6, 6.07) is 16.9. The van der Waals surface area contributed by atoms with Gasteiger partial charge in [-0.2, -0.15) is 4.31 Å². The lowest BCUT2D eigenvalue weighted by Crippen LogP contribution is -2.38. The van der Waals surface area contributed by atoms with Crippen molar-refractivity contribution in [2.24, 2.45) is 5.92 Å². The first-order valence-corrected chi connectivity index (χ1v) is 11.4. The van der Waals surface area contributed by atoms with Crippen LogP contribution in [0.15, 0.2) is 59.5 Å². The summed E-state index contributed by atoms with van der Waals surface area (Å²) in [5.74, 6) is 0.392. The van der Waals surface area contributed by atoms with Crippen molar-refractivity contribution in [1.82, 2.24) is 9.21 Å². The van der Waals surface area contributed by atoms with Gasteiger partial charge in [-0.25, -0.2) is 8.42 Å². The summed E-state index contributed by atoms with van der Waals surface area (Å²) in [6.45, 7) is 0.947. The van der Waals surface area contributed by atoms with Crippen molar-refractivity contribution in [3.63, 3.8) is 0 Å². The highest BCUT2D eigenvalue weighted by molar-refractivity contribution is 7.89. The average Bonchev–Trinajstić information content (AvgIpc) is 2.69. The number of nitrogens with zero attached hydrogens (tertiary/aromatic N) is 2. The van der Waals surface area contributed by atoms with Crippen LogP contribution in [0.1, 0.15) is 31.2 Å². The Kier molecular flexibility index (Phi) is 6.75. The van der Waals surface area contributed by atoms with Gasteiger partial charge in [-0.1, -0.05) is 30.3 Å². The Morgan fingerprint density at radius 2 is 1.54 bits per heavy atom. The molecule has 5 nitrogen and oxygen atoms in total. The van der Waals surface area contributed by atoms with Crippen LogP contribution in [0.5, 0.6) is 0 Å². The number of hydrogen-bond donors (Lipinski definition) is 1. The molecule has 0 atom stereocenters. The molecule has 0 amide bonds. The van der Waals surface area contributed by atoms with E-state index in [1.54, 1.807) is 28.6 Å². The lowest BCUT2D eigenvalue weighted by Gasteiger charge is -2.35. The number of hydrogen-bond acceptors (Lipinski definition) is 4. The van der Waals surface area contributed by atoms with E-state index >= 15 is 0 Å². The minimum atomic E-state index is -3.58. The van der Waals surface area contributed by atoms with Gasteiger partial charge < -0.3 is 10.6 Å². The molecule has 1 aliphatic rings. The Balaban J connectivity index is 1.80. The zero-order valence-corrected chi connectivity index (χ0v) is 17.6. The van der Waals surface area contributed by atoms with Crippen molar-refractivity contribution in [2.75, 3.05) is 26.4 Å². The largest absolute Gasteiger partial charge is 0.399 e. The molecule has 3 rings (SSSR count). The Morgan fingerprint density at radius 3 is 2.11 bits per heavy atom. The van der Waals surface area contributed by atoms with Gasteiger partial charge in [0.15, 0.2) is 0 Å². The third-order valence-corrected chi connectivity index (χ3v) is 7.55. The number of nitrogens with two attached hydrogens (primary N) is 1. The van der Waals surface area contributed by atoms with Crippen LogP contribution in [0.25, 0.3) is 0 Å². The van der Waals surface area contributed by atoms with Gasteiger partial charge in [-0.05, 0) is 75.5 Å². The van der Waals surface area contributed by atoms with Gasteiger partial charge in [0, 0.05) is 24.8 Å². The molecule has 2 aromatic carbocycles. The molecule has 1 saturated carbocycles. The number of anilines is 1. The number of sulfonamides is 1. The molecule has 0 heterocycles. The van der Waals surface area contributed by atoms with E-state index in [4.69, 9.17) is 5.73 Å². The van der Waals surface area contributed by atoms with Crippen LogP contribution in [-0.2, 0) is 16.6 Å². The van der Waals surface area contributed by atoms with Crippen LogP contribution in [0.2, 0.25) is 0 Å². The molecule has 0 spiro atoms. The highest BCUT2D eigenvalue weighted by atomic mass is 32.2. The Bertz CT molecular complexity index is 843. The second-order valence-corrected chi connectivity index (χ2v) is 9.93. The van der Waals surface area contributed by atoms with E-state index in [2.05, 4.69) is 19.0 Å². The number of benzene rings is 2. The van der Waals surface area contributed by atoms with Crippen molar-refractivity contribution in [3.8, 4) is 0 Å². The van der Waals surface area contributed by atoms with Crippen LogP contribution in [0.3, 0.4) is 0 Å². The predicted octanol–water partition coefficient (Wildman–Crippen LogP) is 3.58. The van der Waals surface area contributed by atoms with Crippen molar-refractivity contribution < 1.29 is 8.42 Å². The van der Waals surface area contributed by atoms with Crippen molar-refractivity contribution in [3.05, 3.63) is 60.2 Å². The minimum absolute atomic E-state index is 0.305. The quantitative estimate of drug-likeness (QED) is 0.720. The summed E-state index contributed by atoms with van der Waals surface area (Å²) in [5, 5.41) is 0. The van der Waals surface area contributed by atoms with Gasteiger partial charge in [-0.3, -0.25) is 0 Å². The zero-order valence-electron chi connectivity index (χ0n) is 16.8. The second kappa shape index (κ2) is 9.07. The van der Waals surface area contributed by atoms with Gasteiger partial charge in [0.1, 0.15) is 0 Å². The summed E-state index contributed by atoms with van der Waals surface area (Å²) in [5.41, 5.74) is 7.31. The van der Waals surface area contributed by atoms with E-state index in [1.807, 2.05) is 30.3 Å². The first kappa shape index (κ1) is 20.8. The van der Waals surface area contributed by atoms with Gasteiger partial charge in [0.25, 0.3) is 0 Å². The molecule has 2 N–H and O–H groups in total. The summed E-state index contributed by atoms with van der Waals surface area (Å²) >= 11 is 0. The molecule has 0 radical (unpaired) electrons. The summed E-state index contributed by atoms with van der Waals surface area (Å²) in [4.78, 5) is 2.59. The standard InChI is InChI=1S/C22H31N3O2S/c1-24(2)21-12-8-19(9-13-21)17-25(16-18-6-4-3-5-7-18)28(26,27)22-14-10-20(23)11-15-22/h3-7,10-11,14-15,19,21H,8-9,12-13,16-17,23H2,1-2H3. The smallest absolute Gasteiger partial charge is 0.243 e. The van der Waals surface area contributed by atoms with Crippen LogP contribution in [0, 0.1) is 5.92 Å². The minimum Gasteiger partial charge on any atom is -0.399 e. The third kappa shape index (κ3) is 5.13. The number of nitrogen functional groups attached to an aromatic ring is 1. The molecule has 1 fully saturated rings. The molecule has 152 valence electrons. The fraction of sp³-hybridized carbons (Fsp3) is 0.455. The normalized spacial score (nSPS) is 20.6. The first-order valence-electron chi connectivity index (χ1n) is 9.92. The molecule has 1 aliphatic carbocycles. The molecule has 0 saturated heterocycles. The van der Waals surface area contributed by atoms with Gasteiger partial charge in [0.05, 0.1) is 4.90 Å². The van der Waals surface area contributed by atoms with E-state index < -0.39 is 10.0 Å². The van der Waals surface area contributed by atoms with Gasteiger partial charge in [-0.15, -0.1) is 0 Å². The lowest BCUT2D eigenvalue weighted by molar-refractivity contribution is 0.177. The van der Waals surface area contributed by atoms with Gasteiger partial charge in [0.2, 0.25) is 10.0 Å². The monoisotopic (exact) mass is 401 g/mol. The Hall–Kier alpha value is -1.89. The second-order valence-electron chi connectivity index (χ2n) is 7.99. The Morgan fingerprint density at radius 1 is 0.929 bits per heavy atom. The Labute approximate surface area is 169 Å². The zero-order chi connectivity index (χ0) is 20.1. The third-order valence-electron chi connectivity index (χ3n) is 5.73. The maximum atomic E-state index is 13.4. The molecule has 0 unspecified atom stereocenters. The van der Waals surface area contributed by atoms with Gasteiger partial charge >= 0.3 is 0 Å². The summed E-state index contributed by atoms with van der Waals surface area (Å²) in [7, 11) is 0.669. The molecule has 6 heteroatoms. The molecule has 2 aromatic rings. The van der Waals surface area contributed by atoms with Crippen LogP contribution in [-0.4, -0.2) is 44.3 Å². The van der Waals surface area contributed by atoms with Crippen LogP contribution in [0.4, 0.5) is 5.69 Å². The maximum absolute atomic E-state index is 13.4. The van der Waals surface area contributed by atoms with Crippen LogP contribution < -0.4 is 5.73 Å². The van der Waals surface area contributed by atoms with Crippen molar-refractivity contribution in [2.45, 2.75) is 43.2 Å². The average molecular weight is 402 g/mol. The predicted molar refractivity (Wildman–Crippen MR) is 114 cm³/mol. The maximum Gasteiger partial charge on any atom is 0.243 e. The lowest BCUT2D eigenvalue weighted by atomic mass is 9.85. The SMILES string of the molecule is CN(C)C1CCC(CN(Cc2ccccc2)S(=O)(=O)c2ccc(N)cc2)CC1. The molecule has 0 aliphatic heterocycles. The molecular weight excluding hydrogens is 370 g/mol. The number of rotatable bonds is 7. The molecular formula is C22H31N3O2S. The van der Waals surface area contributed by atoms with E-state index in [-0.39, 0.29) is 0 Å². The fourth-order valence-electron chi connectivity index (χ4n) is 3.96. The van der Waals surface area contributed by atoms with E-state index in [1.165, 1.54) is 0 Å². The highest BCUT2D eigenvalue weighted by Gasteiger charge is 2.30. The summed E-state index contributed by atoms with van der Waals surface area (Å²) in [6.07, 6.45) is 4.37. The van der Waals surface area contributed by atoms with E-state index in [0.29, 0.717) is 35.6 Å².